The van der Waals surface area contributed by atoms with E-state index in [1.54, 1.807) is 48.5 Å². The first-order valence-electron chi connectivity index (χ1n) is 10.4. The highest BCUT2D eigenvalue weighted by molar-refractivity contribution is 6.00. The molecule has 7 heteroatoms. The lowest BCUT2D eigenvalue weighted by Gasteiger charge is -2.12. The molecule has 0 atom stereocenters. The van der Waals surface area contributed by atoms with E-state index in [1.807, 2.05) is 37.3 Å². The van der Waals surface area contributed by atoms with Crippen LogP contribution in [-0.4, -0.2) is 31.6 Å². The van der Waals surface area contributed by atoms with E-state index in [0.717, 1.165) is 12.2 Å². The Morgan fingerprint density at radius 2 is 1.25 bits per heavy atom. The van der Waals surface area contributed by atoms with Crippen molar-refractivity contribution in [2.24, 2.45) is 0 Å². The van der Waals surface area contributed by atoms with Crippen LogP contribution in [0.25, 0.3) is 0 Å². The van der Waals surface area contributed by atoms with Crippen LogP contribution in [0.1, 0.15) is 34.1 Å². The predicted molar refractivity (Wildman–Crippen MR) is 121 cm³/mol. The number of hydrazine groups is 1. The molecule has 2 amide bonds. The number of rotatable bonds is 10. The summed E-state index contributed by atoms with van der Waals surface area (Å²) in [5, 5.41) is 0. The molecular formula is C25H26N2O5. The van der Waals surface area contributed by atoms with Gasteiger partial charge < -0.3 is 14.2 Å². The molecule has 0 saturated carbocycles. The van der Waals surface area contributed by atoms with Crippen LogP contribution in [0.5, 0.6) is 17.2 Å². The summed E-state index contributed by atoms with van der Waals surface area (Å²) in [6.45, 7) is 3.26. The van der Waals surface area contributed by atoms with E-state index in [2.05, 4.69) is 10.9 Å². The minimum atomic E-state index is -0.455. The Morgan fingerprint density at radius 3 is 1.94 bits per heavy atom. The Morgan fingerprint density at radius 1 is 0.656 bits per heavy atom. The molecule has 0 unspecified atom stereocenters. The van der Waals surface area contributed by atoms with Gasteiger partial charge in [0.15, 0.2) is 0 Å². The number of carbonyl (C=O) groups is 2. The van der Waals surface area contributed by atoms with Gasteiger partial charge >= 0.3 is 0 Å². The Labute approximate surface area is 187 Å². The molecule has 0 fully saturated rings. The molecule has 0 bridgehead atoms. The lowest BCUT2D eigenvalue weighted by molar-refractivity contribution is 0.0844. The van der Waals surface area contributed by atoms with E-state index >= 15 is 0 Å². The standard InChI is InChI=1S/C25H26N2O5/c1-2-16-32-23-11-7-6-10-22(23)25(29)27-26-24(28)19-12-14-21(15-13-19)31-18-17-30-20-8-4-3-5-9-20/h3-15H,2,16-18H2,1H3,(H,26,28)(H,27,29). The quantitative estimate of drug-likeness (QED) is 0.372. The zero-order valence-electron chi connectivity index (χ0n) is 17.9. The zero-order chi connectivity index (χ0) is 22.6. The van der Waals surface area contributed by atoms with E-state index in [4.69, 9.17) is 14.2 Å². The van der Waals surface area contributed by atoms with Crippen LogP contribution in [0.15, 0.2) is 78.9 Å². The second-order valence-corrected chi connectivity index (χ2v) is 6.79. The van der Waals surface area contributed by atoms with Gasteiger partial charge in [-0.05, 0) is 55.0 Å². The maximum absolute atomic E-state index is 12.4. The van der Waals surface area contributed by atoms with Crippen LogP contribution < -0.4 is 25.1 Å². The summed E-state index contributed by atoms with van der Waals surface area (Å²) in [7, 11) is 0. The van der Waals surface area contributed by atoms with Crippen molar-refractivity contribution in [3.05, 3.63) is 90.0 Å². The molecule has 32 heavy (non-hydrogen) atoms. The van der Waals surface area contributed by atoms with Gasteiger partial charge in [0, 0.05) is 5.56 Å². The van der Waals surface area contributed by atoms with Crippen LogP contribution in [0.3, 0.4) is 0 Å². The zero-order valence-corrected chi connectivity index (χ0v) is 17.9. The van der Waals surface area contributed by atoms with Crippen LogP contribution in [-0.2, 0) is 0 Å². The molecule has 0 aliphatic carbocycles. The number of amides is 2. The van der Waals surface area contributed by atoms with Crippen molar-refractivity contribution in [1.29, 1.82) is 0 Å². The monoisotopic (exact) mass is 434 g/mol. The fourth-order valence-electron chi connectivity index (χ4n) is 2.78. The number of ether oxygens (including phenoxy) is 3. The molecule has 0 aromatic heterocycles. The summed E-state index contributed by atoms with van der Waals surface area (Å²) >= 11 is 0. The lowest BCUT2D eigenvalue weighted by atomic mass is 10.2. The first-order chi connectivity index (χ1) is 15.7. The Balaban J connectivity index is 1.45. The largest absolute Gasteiger partial charge is 0.493 e. The number of para-hydroxylation sites is 2. The average Bonchev–Trinajstić information content (AvgIpc) is 2.85. The number of hydrogen-bond donors (Lipinski definition) is 2. The minimum absolute atomic E-state index is 0.350. The van der Waals surface area contributed by atoms with Gasteiger partial charge in [-0.3, -0.25) is 20.4 Å². The summed E-state index contributed by atoms with van der Waals surface area (Å²) in [6.07, 6.45) is 0.826. The van der Waals surface area contributed by atoms with Gasteiger partial charge in [0.05, 0.1) is 12.2 Å². The molecule has 3 aromatic rings. The van der Waals surface area contributed by atoms with Gasteiger partial charge in [0.25, 0.3) is 11.8 Å². The SMILES string of the molecule is CCCOc1ccccc1C(=O)NNC(=O)c1ccc(OCCOc2ccccc2)cc1. The third-order valence-corrected chi connectivity index (χ3v) is 4.36. The summed E-state index contributed by atoms with van der Waals surface area (Å²) < 4.78 is 16.8. The first kappa shape index (κ1) is 22.7. The van der Waals surface area contributed by atoms with Gasteiger partial charge in [0.2, 0.25) is 0 Å². The fourth-order valence-corrected chi connectivity index (χ4v) is 2.78. The highest BCUT2D eigenvalue weighted by atomic mass is 16.5. The van der Waals surface area contributed by atoms with Gasteiger partial charge in [-0.2, -0.15) is 0 Å². The molecule has 2 N–H and O–H groups in total. The third kappa shape index (κ3) is 6.77. The molecule has 3 rings (SSSR count). The van der Waals surface area contributed by atoms with Crippen molar-refractivity contribution in [1.82, 2.24) is 10.9 Å². The van der Waals surface area contributed by atoms with Crippen LogP contribution in [0, 0.1) is 0 Å². The highest BCUT2D eigenvalue weighted by Gasteiger charge is 2.13. The van der Waals surface area contributed by atoms with Crippen LogP contribution >= 0.6 is 0 Å². The molecule has 0 heterocycles. The molecule has 3 aromatic carbocycles. The Bertz CT molecular complexity index is 1010. The molecule has 166 valence electrons. The summed E-state index contributed by atoms with van der Waals surface area (Å²) in [4.78, 5) is 24.8. The molecule has 0 spiro atoms. The average molecular weight is 434 g/mol. The second kappa shape index (κ2) is 12.0. The van der Waals surface area contributed by atoms with Crippen LogP contribution in [0.2, 0.25) is 0 Å². The highest BCUT2D eigenvalue weighted by Crippen LogP contribution is 2.18. The topological polar surface area (TPSA) is 85.9 Å². The summed E-state index contributed by atoms with van der Waals surface area (Å²) in [6, 6.07) is 23.0. The Kier molecular flexibility index (Phi) is 8.50. The van der Waals surface area contributed by atoms with Gasteiger partial charge in [0.1, 0.15) is 30.5 Å². The van der Waals surface area contributed by atoms with E-state index in [0.29, 0.717) is 42.4 Å². The molecule has 0 saturated heterocycles. The van der Waals surface area contributed by atoms with Crippen molar-refractivity contribution >= 4 is 11.8 Å². The number of nitrogens with one attached hydrogen (secondary N) is 2. The number of benzene rings is 3. The summed E-state index contributed by atoms with van der Waals surface area (Å²) in [5.74, 6) is 0.973. The lowest BCUT2D eigenvalue weighted by Crippen LogP contribution is -2.41. The smallest absolute Gasteiger partial charge is 0.273 e. The van der Waals surface area contributed by atoms with Crippen molar-refractivity contribution in [2.75, 3.05) is 19.8 Å². The van der Waals surface area contributed by atoms with E-state index in [1.165, 1.54) is 0 Å². The van der Waals surface area contributed by atoms with E-state index < -0.39 is 11.8 Å². The second-order valence-electron chi connectivity index (χ2n) is 6.79. The molecule has 0 radical (unpaired) electrons. The van der Waals surface area contributed by atoms with Gasteiger partial charge in [-0.25, -0.2) is 0 Å². The van der Waals surface area contributed by atoms with Crippen molar-refractivity contribution in [3.63, 3.8) is 0 Å². The molecule has 0 aliphatic rings. The molecule has 7 nitrogen and oxygen atoms in total. The van der Waals surface area contributed by atoms with Gasteiger partial charge in [-0.15, -0.1) is 0 Å². The Hall–Kier alpha value is -4.00. The maximum atomic E-state index is 12.4. The predicted octanol–water partition coefficient (Wildman–Crippen LogP) is 4.01. The molecular weight excluding hydrogens is 408 g/mol. The molecule has 0 aliphatic heterocycles. The van der Waals surface area contributed by atoms with Crippen molar-refractivity contribution in [2.45, 2.75) is 13.3 Å². The fraction of sp³-hybridized carbons (Fsp3) is 0.200. The number of hydrogen-bond acceptors (Lipinski definition) is 5. The number of carbonyl (C=O) groups excluding carboxylic acids is 2. The van der Waals surface area contributed by atoms with Crippen LogP contribution in [0.4, 0.5) is 0 Å². The third-order valence-electron chi connectivity index (χ3n) is 4.36. The van der Waals surface area contributed by atoms with E-state index in [-0.39, 0.29) is 0 Å². The minimum Gasteiger partial charge on any atom is -0.493 e. The van der Waals surface area contributed by atoms with Gasteiger partial charge in [-0.1, -0.05) is 37.3 Å². The maximum Gasteiger partial charge on any atom is 0.273 e. The first-order valence-corrected chi connectivity index (χ1v) is 10.4. The normalized spacial score (nSPS) is 10.2. The summed E-state index contributed by atoms with van der Waals surface area (Å²) in [5.41, 5.74) is 5.57. The van der Waals surface area contributed by atoms with E-state index in [9.17, 15) is 9.59 Å². The van der Waals surface area contributed by atoms with Crippen molar-refractivity contribution < 1.29 is 23.8 Å². The van der Waals surface area contributed by atoms with Crippen molar-refractivity contribution in [3.8, 4) is 17.2 Å².